The van der Waals surface area contributed by atoms with E-state index in [1.165, 1.54) is 0 Å². The number of carbonyl (C=O) groups is 2. The molecule has 0 spiro atoms. The van der Waals surface area contributed by atoms with Crippen LogP contribution in [0.15, 0.2) is 108 Å². The van der Waals surface area contributed by atoms with Crippen LogP contribution in [-0.2, 0) is 0 Å². The second kappa shape index (κ2) is 10.6. The molecular weight excluding hydrogens is 500 g/mol. The summed E-state index contributed by atoms with van der Waals surface area (Å²) in [5.74, 6) is -0.00453. The molecule has 1 heterocycles. The van der Waals surface area contributed by atoms with Crippen molar-refractivity contribution in [1.82, 2.24) is 0 Å². The molecule has 0 bridgehead atoms. The Kier molecular flexibility index (Phi) is 6.94. The first kappa shape index (κ1) is 24.8. The molecule has 0 aliphatic heterocycles. The molecule has 6 heteroatoms. The topological polar surface area (TPSA) is 87.7 Å². The zero-order valence-corrected chi connectivity index (χ0v) is 20.7. The van der Waals surface area contributed by atoms with Crippen LogP contribution in [0.4, 0.5) is 0 Å². The van der Waals surface area contributed by atoms with Crippen molar-refractivity contribution in [2.24, 2.45) is 0 Å². The summed E-state index contributed by atoms with van der Waals surface area (Å²) in [7, 11) is 0. The zero-order chi connectivity index (χ0) is 26.6. The highest BCUT2D eigenvalue weighted by Crippen LogP contribution is 2.40. The van der Waals surface area contributed by atoms with Crippen molar-refractivity contribution in [2.45, 2.75) is 0 Å². The third-order valence-electron chi connectivity index (χ3n) is 6.24. The summed E-state index contributed by atoms with van der Waals surface area (Å²) in [5, 5.41) is 22.8. The lowest BCUT2D eigenvalue weighted by Gasteiger charge is -2.08. The average Bonchev–Trinajstić information content (AvgIpc) is 3.33. The highest BCUT2D eigenvalue weighted by Gasteiger charge is 2.15. The van der Waals surface area contributed by atoms with E-state index in [1.807, 2.05) is 42.5 Å². The molecule has 0 fully saturated rings. The van der Waals surface area contributed by atoms with E-state index in [0.717, 1.165) is 33.1 Å². The van der Waals surface area contributed by atoms with Gasteiger partial charge in [-0.15, -0.1) is 0 Å². The van der Waals surface area contributed by atoms with Gasteiger partial charge in [0.25, 0.3) is 0 Å². The van der Waals surface area contributed by atoms with E-state index in [9.17, 15) is 19.8 Å². The molecule has 5 nitrogen and oxygen atoms in total. The standard InChI is InChI=1S/C19H12O3.C13H9ClO2/c20-11-12-5-3-8-14(19(12)21)13-7-4-10-17-18(13)15-6-1-2-9-16(15)22-17;14-11-6-4-9(5-7-11)12-3-1-2-10(8-15)13(12)16/h1-11,21H;1-8,16H. The SMILES string of the molecule is O=Cc1cccc(-c2ccc(Cl)cc2)c1O.O=Cc1cccc(-c2cccc3oc4ccccc4c23)c1O. The lowest BCUT2D eigenvalue weighted by atomic mass is 9.97. The van der Waals surface area contributed by atoms with Gasteiger partial charge in [-0.3, -0.25) is 9.59 Å². The van der Waals surface area contributed by atoms with E-state index in [-0.39, 0.29) is 22.6 Å². The normalized spacial score (nSPS) is 10.7. The fourth-order valence-electron chi connectivity index (χ4n) is 4.39. The van der Waals surface area contributed by atoms with Gasteiger partial charge in [0.2, 0.25) is 0 Å². The van der Waals surface area contributed by atoms with Gasteiger partial charge < -0.3 is 14.6 Å². The van der Waals surface area contributed by atoms with E-state index < -0.39 is 0 Å². The van der Waals surface area contributed by atoms with Gasteiger partial charge in [0.1, 0.15) is 22.7 Å². The number of phenols is 2. The number of phenolic OH excluding ortho intramolecular Hbond substituents is 2. The Morgan fingerprint density at radius 3 is 1.82 bits per heavy atom. The molecule has 6 rings (SSSR count). The third-order valence-corrected chi connectivity index (χ3v) is 6.49. The second-order valence-corrected chi connectivity index (χ2v) is 8.94. The number of aromatic hydroxyl groups is 2. The maximum atomic E-state index is 11.1. The Bertz CT molecular complexity index is 1780. The van der Waals surface area contributed by atoms with Gasteiger partial charge in [-0.25, -0.2) is 0 Å². The van der Waals surface area contributed by atoms with E-state index >= 15 is 0 Å². The quantitative estimate of drug-likeness (QED) is 0.228. The minimum Gasteiger partial charge on any atom is -0.507 e. The van der Waals surface area contributed by atoms with Crippen LogP contribution in [0.5, 0.6) is 11.5 Å². The first-order chi connectivity index (χ1) is 18.5. The van der Waals surface area contributed by atoms with Gasteiger partial charge in [-0.05, 0) is 47.5 Å². The third kappa shape index (κ3) is 4.63. The van der Waals surface area contributed by atoms with Gasteiger partial charge in [0.15, 0.2) is 12.6 Å². The summed E-state index contributed by atoms with van der Waals surface area (Å²) in [5.41, 5.74) is 5.05. The number of furan rings is 1. The molecule has 0 saturated carbocycles. The lowest BCUT2D eigenvalue weighted by molar-refractivity contribution is 0.111. The maximum absolute atomic E-state index is 11.1. The molecule has 1 aromatic heterocycles. The molecular formula is C32H21ClO5. The number of aldehydes is 2. The van der Waals surface area contributed by atoms with Crippen molar-refractivity contribution < 1.29 is 24.2 Å². The zero-order valence-electron chi connectivity index (χ0n) is 20.0. The Balaban J connectivity index is 0.000000163. The summed E-state index contributed by atoms with van der Waals surface area (Å²) < 4.78 is 5.86. The van der Waals surface area contributed by atoms with E-state index in [1.54, 1.807) is 60.7 Å². The highest BCUT2D eigenvalue weighted by molar-refractivity contribution is 6.30. The van der Waals surface area contributed by atoms with Gasteiger partial charge >= 0.3 is 0 Å². The molecule has 0 radical (unpaired) electrons. The molecule has 0 unspecified atom stereocenters. The summed E-state index contributed by atoms with van der Waals surface area (Å²) in [4.78, 5) is 21.7. The predicted octanol–water partition coefficient (Wildman–Crippen LogP) is 8.30. The summed E-state index contributed by atoms with van der Waals surface area (Å²) in [6.45, 7) is 0. The molecule has 5 aromatic carbocycles. The number of hydrogen-bond acceptors (Lipinski definition) is 5. The first-order valence-electron chi connectivity index (χ1n) is 11.7. The molecule has 38 heavy (non-hydrogen) atoms. The van der Waals surface area contributed by atoms with Crippen LogP contribution < -0.4 is 0 Å². The van der Waals surface area contributed by atoms with Crippen molar-refractivity contribution in [3.8, 4) is 33.8 Å². The molecule has 0 amide bonds. The van der Waals surface area contributed by atoms with Crippen molar-refractivity contribution in [3.05, 3.63) is 119 Å². The minimum absolute atomic E-state index is 0.000164. The van der Waals surface area contributed by atoms with Crippen LogP contribution in [0.1, 0.15) is 20.7 Å². The highest BCUT2D eigenvalue weighted by atomic mass is 35.5. The van der Waals surface area contributed by atoms with Crippen molar-refractivity contribution in [2.75, 3.05) is 0 Å². The van der Waals surface area contributed by atoms with Gasteiger partial charge in [0, 0.05) is 26.9 Å². The van der Waals surface area contributed by atoms with Crippen molar-refractivity contribution >= 4 is 46.1 Å². The number of para-hydroxylation sites is 3. The van der Waals surface area contributed by atoms with Crippen LogP contribution in [0.2, 0.25) is 5.02 Å². The lowest BCUT2D eigenvalue weighted by Crippen LogP contribution is -1.86. The molecule has 0 aliphatic carbocycles. The number of halogens is 1. The van der Waals surface area contributed by atoms with Crippen LogP contribution in [0.25, 0.3) is 44.2 Å². The number of benzene rings is 5. The Hall–Kier alpha value is -4.87. The fourth-order valence-corrected chi connectivity index (χ4v) is 4.52. The van der Waals surface area contributed by atoms with Crippen LogP contribution in [-0.4, -0.2) is 22.8 Å². The average molecular weight is 521 g/mol. The molecule has 0 saturated heterocycles. The predicted molar refractivity (Wildman–Crippen MR) is 150 cm³/mol. The molecule has 0 aliphatic rings. The van der Waals surface area contributed by atoms with Crippen LogP contribution in [0, 0.1) is 0 Å². The Labute approximate surface area is 223 Å². The summed E-state index contributed by atoms with van der Waals surface area (Å²) in [6.07, 6.45) is 1.29. The molecule has 6 aromatic rings. The Morgan fingerprint density at radius 2 is 1.13 bits per heavy atom. The van der Waals surface area contributed by atoms with Crippen molar-refractivity contribution in [1.29, 1.82) is 0 Å². The maximum Gasteiger partial charge on any atom is 0.153 e. The molecule has 0 atom stereocenters. The smallest absolute Gasteiger partial charge is 0.153 e. The van der Waals surface area contributed by atoms with E-state index in [4.69, 9.17) is 16.0 Å². The minimum atomic E-state index is -0.00437. The van der Waals surface area contributed by atoms with Crippen molar-refractivity contribution in [3.63, 3.8) is 0 Å². The second-order valence-electron chi connectivity index (χ2n) is 8.51. The first-order valence-corrected chi connectivity index (χ1v) is 12.1. The van der Waals surface area contributed by atoms with Crippen LogP contribution in [0.3, 0.4) is 0 Å². The summed E-state index contributed by atoms with van der Waals surface area (Å²) >= 11 is 5.78. The molecule has 2 N–H and O–H groups in total. The number of rotatable bonds is 4. The van der Waals surface area contributed by atoms with Gasteiger partial charge in [-0.1, -0.05) is 78.3 Å². The Morgan fingerprint density at radius 1 is 0.579 bits per heavy atom. The largest absolute Gasteiger partial charge is 0.507 e. The van der Waals surface area contributed by atoms with E-state index in [2.05, 4.69) is 0 Å². The fraction of sp³-hybridized carbons (Fsp3) is 0. The van der Waals surface area contributed by atoms with Crippen LogP contribution >= 0.6 is 11.6 Å². The number of fused-ring (bicyclic) bond motifs is 3. The summed E-state index contributed by atoms with van der Waals surface area (Å²) in [6, 6.07) is 30.8. The van der Waals surface area contributed by atoms with Gasteiger partial charge in [0.05, 0.1) is 11.1 Å². The number of carbonyl (C=O) groups excluding carboxylic acids is 2. The monoisotopic (exact) mass is 520 g/mol. The van der Waals surface area contributed by atoms with E-state index in [0.29, 0.717) is 28.7 Å². The number of hydrogen-bond donors (Lipinski definition) is 2. The molecule has 186 valence electrons. The van der Waals surface area contributed by atoms with Gasteiger partial charge in [-0.2, -0.15) is 0 Å².